The summed E-state index contributed by atoms with van der Waals surface area (Å²) in [6.07, 6.45) is 0. The Morgan fingerprint density at radius 2 is 1.28 bits per heavy atom. The second-order valence-corrected chi connectivity index (χ2v) is 6.72. The molecule has 0 aliphatic carbocycles. The number of benzene rings is 3. The number of carbonyl (C=O) groups excluding carboxylic acids is 2. The molecule has 3 aromatic rings. The Bertz CT molecular complexity index is 953. The Labute approximate surface area is 169 Å². The molecule has 0 aliphatic rings. The lowest BCUT2D eigenvalue weighted by molar-refractivity contribution is 0.102. The van der Waals surface area contributed by atoms with Crippen molar-refractivity contribution in [3.63, 3.8) is 0 Å². The smallest absolute Gasteiger partial charge is 0.319 e. The minimum atomic E-state index is -0.282. The molecule has 0 saturated heterocycles. The largest absolute Gasteiger partial charge is 0.457 e. The second kappa shape index (κ2) is 9.41. The lowest BCUT2D eigenvalue weighted by atomic mass is 10.2. The summed E-state index contributed by atoms with van der Waals surface area (Å²) in [6.45, 7) is 3.76. The Morgan fingerprint density at radius 3 is 1.90 bits per heavy atom. The van der Waals surface area contributed by atoms with Gasteiger partial charge in [-0.05, 0) is 74.5 Å². The number of nitrogens with one attached hydrogen (secondary N) is 3. The first-order chi connectivity index (χ1) is 14.0. The number of carbonyl (C=O) groups is 2. The molecule has 0 aromatic heterocycles. The molecule has 3 rings (SSSR count). The quantitative estimate of drug-likeness (QED) is 0.538. The van der Waals surface area contributed by atoms with Crippen LogP contribution in [-0.2, 0) is 0 Å². The molecule has 3 N–H and O–H groups in total. The Hall–Kier alpha value is -3.80. The average molecular weight is 389 g/mol. The minimum Gasteiger partial charge on any atom is -0.457 e. The fourth-order valence-electron chi connectivity index (χ4n) is 2.57. The normalized spacial score (nSPS) is 10.3. The van der Waals surface area contributed by atoms with Crippen molar-refractivity contribution < 1.29 is 14.3 Å². The molecular weight excluding hydrogens is 366 g/mol. The maximum absolute atomic E-state index is 12.4. The molecule has 0 atom stereocenters. The van der Waals surface area contributed by atoms with E-state index in [-0.39, 0.29) is 18.0 Å². The summed E-state index contributed by atoms with van der Waals surface area (Å²) in [7, 11) is 0. The highest BCUT2D eigenvalue weighted by Gasteiger charge is 2.08. The zero-order valence-electron chi connectivity index (χ0n) is 16.3. The van der Waals surface area contributed by atoms with Gasteiger partial charge in [-0.15, -0.1) is 0 Å². The van der Waals surface area contributed by atoms with Crippen LogP contribution in [0.4, 0.5) is 16.2 Å². The molecule has 6 heteroatoms. The first-order valence-corrected chi connectivity index (χ1v) is 9.31. The van der Waals surface area contributed by atoms with E-state index in [0.29, 0.717) is 22.7 Å². The number of urea groups is 1. The number of hydrogen-bond acceptors (Lipinski definition) is 3. The van der Waals surface area contributed by atoms with Crippen molar-refractivity contribution in [3.05, 3.63) is 84.4 Å². The molecule has 3 amide bonds. The van der Waals surface area contributed by atoms with Crippen molar-refractivity contribution in [2.75, 3.05) is 10.6 Å². The molecule has 0 aliphatic heterocycles. The zero-order chi connectivity index (χ0) is 20.6. The van der Waals surface area contributed by atoms with Crippen LogP contribution in [0, 0.1) is 0 Å². The maximum atomic E-state index is 12.4. The summed E-state index contributed by atoms with van der Waals surface area (Å²) in [5, 5.41) is 8.30. The summed E-state index contributed by atoms with van der Waals surface area (Å²) in [5.74, 6) is 1.20. The number of ether oxygens (including phenoxy) is 1. The molecule has 0 heterocycles. The molecule has 0 unspecified atom stereocenters. The first kappa shape index (κ1) is 19.9. The monoisotopic (exact) mass is 389 g/mol. The van der Waals surface area contributed by atoms with Crippen LogP contribution in [0.5, 0.6) is 11.5 Å². The van der Waals surface area contributed by atoms with E-state index < -0.39 is 0 Å². The van der Waals surface area contributed by atoms with Crippen molar-refractivity contribution >= 4 is 23.3 Å². The van der Waals surface area contributed by atoms with Gasteiger partial charge in [-0.2, -0.15) is 0 Å². The van der Waals surface area contributed by atoms with Gasteiger partial charge >= 0.3 is 6.03 Å². The van der Waals surface area contributed by atoms with Crippen LogP contribution in [-0.4, -0.2) is 18.0 Å². The van der Waals surface area contributed by atoms with Crippen LogP contribution in [0.2, 0.25) is 0 Å². The number of para-hydroxylation sites is 1. The molecule has 29 heavy (non-hydrogen) atoms. The summed E-state index contributed by atoms with van der Waals surface area (Å²) in [6, 6.07) is 23.1. The van der Waals surface area contributed by atoms with E-state index in [4.69, 9.17) is 4.74 Å². The number of hydrogen-bond donors (Lipinski definition) is 3. The van der Waals surface area contributed by atoms with E-state index in [0.717, 1.165) is 5.75 Å². The molecule has 0 spiro atoms. The van der Waals surface area contributed by atoms with Crippen LogP contribution in [0.3, 0.4) is 0 Å². The van der Waals surface area contributed by atoms with Gasteiger partial charge in [0.2, 0.25) is 0 Å². The van der Waals surface area contributed by atoms with E-state index >= 15 is 0 Å². The Morgan fingerprint density at radius 1 is 0.724 bits per heavy atom. The second-order valence-electron chi connectivity index (χ2n) is 6.72. The van der Waals surface area contributed by atoms with E-state index in [1.54, 1.807) is 48.5 Å². The van der Waals surface area contributed by atoms with Gasteiger partial charge in [-0.25, -0.2) is 4.79 Å². The Kier molecular flexibility index (Phi) is 6.47. The molecule has 0 saturated carbocycles. The van der Waals surface area contributed by atoms with Crippen LogP contribution in [0.25, 0.3) is 0 Å². The third-order valence-electron chi connectivity index (χ3n) is 3.92. The predicted molar refractivity (Wildman–Crippen MR) is 115 cm³/mol. The molecular formula is C23H23N3O3. The highest BCUT2D eigenvalue weighted by atomic mass is 16.5. The molecule has 0 fully saturated rings. The topological polar surface area (TPSA) is 79.5 Å². The van der Waals surface area contributed by atoms with Crippen LogP contribution >= 0.6 is 0 Å². The zero-order valence-corrected chi connectivity index (χ0v) is 16.3. The van der Waals surface area contributed by atoms with Gasteiger partial charge in [0.15, 0.2) is 0 Å². The number of rotatable bonds is 6. The molecule has 3 aromatic carbocycles. The number of anilines is 2. The summed E-state index contributed by atoms with van der Waals surface area (Å²) >= 11 is 0. The minimum absolute atomic E-state index is 0.0459. The molecule has 0 radical (unpaired) electrons. The van der Waals surface area contributed by atoms with Gasteiger partial charge in [0.1, 0.15) is 11.5 Å². The molecule has 6 nitrogen and oxygen atoms in total. The molecule has 0 bridgehead atoms. The van der Waals surface area contributed by atoms with Crippen molar-refractivity contribution in [2.24, 2.45) is 0 Å². The third kappa shape index (κ3) is 6.10. The Balaban J connectivity index is 1.56. The van der Waals surface area contributed by atoms with Crippen LogP contribution in [0.15, 0.2) is 78.9 Å². The fourth-order valence-corrected chi connectivity index (χ4v) is 2.57. The van der Waals surface area contributed by atoms with E-state index in [1.165, 1.54) is 0 Å². The lowest BCUT2D eigenvalue weighted by Gasteiger charge is -2.11. The summed E-state index contributed by atoms with van der Waals surface area (Å²) in [5.41, 5.74) is 1.76. The standard InChI is InChI=1S/C23H23N3O3/c1-16(2)24-23(28)26-19-10-8-17(9-11-19)22(27)25-18-12-14-21(15-13-18)29-20-6-4-3-5-7-20/h3-16H,1-2H3,(H,25,27)(H2,24,26,28). The maximum Gasteiger partial charge on any atom is 0.319 e. The van der Waals surface area contributed by atoms with Crippen molar-refractivity contribution in [1.29, 1.82) is 0 Å². The van der Waals surface area contributed by atoms with Crippen molar-refractivity contribution in [3.8, 4) is 11.5 Å². The van der Waals surface area contributed by atoms with Gasteiger partial charge in [0.05, 0.1) is 0 Å². The predicted octanol–water partition coefficient (Wildman–Crippen LogP) is 5.26. The highest BCUT2D eigenvalue weighted by Crippen LogP contribution is 2.23. The third-order valence-corrected chi connectivity index (χ3v) is 3.92. The van der Waals surface area contributed by atoms with E-state index in [9.17, 15) is 9.59 Å². The number of amides is 3. The van der Waals surface area contributed by atoms with Gasteiger partial charge in [-0.3, -0.25) is 4.79 Å². The van der Waals surface area contributed by atoms with E-state index in [2.05, 4.69) is 16.0 Å². The van der Waals surface area contributed by atoms with Crippen LogP contribution in [0.1, 0.15) is 24.2 Å². The SMILES string of the molecule is CC(C)NC(=O)Nc1ccc(C(=O)Nc2ccc(Oc3ccccc3)cc2)cc1. The lowest BCUT2D eigenvalue weighted by Crippen LogP contribution is -2.34. The summed E-state index contributed by atoms with van der Waals surface area (Å²) < 4.78 is 5.74. The molecule has 148 valence electrons. The van der Waals surface area contributed by atoms with Gasteiger partial charge in [-0.1, -0.05) is 18.2 Å². The summed E-state index contributed by atoms with van der Waals surface area (Å²) in [4.78, 5) is 24.1. The van der Waals surface area contributed by atoms with Gasteiger partial charge in [0.25, 0.3) is 5.91 Å². The average Bonchev–Trinajstić information content (AvgIpc) is 2.70. The van der Waals surface area contributed by atoms with Gasteiger partial charge < -0.3 is 20.7 Å². The fraction of sp³-hybridized carbons (Fsp3) is 0.130. The van der Waals surface area contributed by atoms with Crippen molar-refractivity contribution in [2.45, 2.75) is 19.9 Å². The van der Waals surface area contributed by atoms with Gasteiger partial charge in [0, 0.05) is 23.0 Å². The highest BCUT2D eigenvalue weighted by molar-refractivity contribution is 6.04. The van der Waals surface area contributed by atoms with Crippen LogP contribution < -0.4 is 20.7 Å². The van der Waals surface area contributed by atoms with Crippen molar-refractivity contribution in [1.82, 2.24) is 5.32 Å². The first-order valence-electron chi connectivity index (χ1n) is 9.31. The van der Waals surface area contributed by atoms with E-state index in [1.807, 2.05) is 44.2 Å².